The van der Waals surface area contributed by atoms with E-state index in [2.05, 4.69) is 10.5 Å². The van der Waals surface area contributed by atoms with E-state index in [-0.39, 0.29) is 11.6 Å². The number of furan rings is 1. The number of carbonyl (C=O) groups excluding carboxylic acids is 1. The highest BCUT2D eigenvalue weighted by Gasteiger charge is 2.22. The number of benzene rings is 3. The number of nitrogens with zero attached hydrogens (tertiary/aromatic N) is 2. The van der Waals surface area contributed by atoms with Gasteiger partial charge in [-0.2, -0.15) is 5.10 Å². The third-order valence-corrected chi connectivity index (χ3v) is 4.88. The summed E-state index contributed by atoms with van der Waals surface area (Å²) in [5.41, 5.74) is 5.04. The van der Waals surface area contributed by atoms with Crippen LogP contribution in [0.5, 0.6) is 0 Å². The van der Waals surface area contributed by atoms with Gasteiger partial charge in [-0.1, -0.05) is 60.7 Å². The first-order valence-corrected chi connectivity index (χ1v) is 9.89. The monoisotopic (exact) mass is 425 g/mol. The van der Waals surface area contributed by atoms with Gasteiger partial charge in [0.05, 0.1) is 17.1 Å². The number of nitro groups is 1. The standard InChI is InChI=1S/C25H19N3O4/c29-25(24(19-7-3-1-4-8-19)20-9-5-2-6-10-20)27-26-17-22-15-16-23(32-22)18-11-13-21(14-12-18)28(30)31/h1-17,24H,(H,27,29)/b26-17-. The van der Waals surface area contributed by atoms with Crippen molar-refractivity contribution in [2.45, 2.75) is 5.92 Å². The summed E-state index contributed by atoms with van der Waals surface area (Å²) in [5.74, 6) is 0.219. The zero-order chi connectivity index (χ0) is 22.3. The van der Waals surface area contributed by atoms with Crippen molar-refractivity contribution in [1.29, 1.82) is 0 Å². The highest BCUT2D eigenvalue weighted by molar-refractivity contribution is 5.88. The van der Waals surface area contributed by atoms with Gasteiger partial charge < -0.3 is 4.42 Å². The average molecular weight is 425 g/mol. The molecular formula is C25H19N3O4. The Morgan fingerprint density at radius 3 is 2.03 bits per heavy atom. The molecule has 0 unspecified atom stereocenters. The number of nitrogens with one attached hydrogen (secondary N) is 1. The zero-order valence-electron chi connectivity index (χ0n) is 16.9. The third kappa shape index (κ3) is 4.79. The molecule has 0 saturated carbocycles. The maximum absolute atomic E-state index is 12.9. The van der Waals surface area contributed by atoms with E-state index in [0.717, 1.165) is 11.1 Å². The van der Waals surface area contributed by atoms with Crippen molar-refractivity contribution < 1.29 is 14.1 Å². The van der Waals surface area contributed by atoms with E-state index >= 15 is 0 Å². The van der Waals surface area contributed by atoms with Crippen molar-refractivity contribution in [3.05, 3.63) is 124 Å². The Balaban J connectivity index is 1.47. The fraction of sp³-hybridized carbons (Fsp3) is 0.0400. The summed E-state index contributed by atoms with van der Waals surface area (Å²) in [5, 5.41) is 14.8. The van der Waals surface area contributed by atoms with Crippen LogP contribution < -0.4 is 5.43 Å². The first-order chi connectivity index (χ1) is 15.6. The molecule has 0 bridgehead atoms. The van der Waals surface area contributed by atoms with Gasteiger partial charge in [0.2, 0.25) is 0 Å². The zero-order valence-corrected chi connectivity index (χ0v) is 16.9. The Morgan fingerprint density at radius 2 is 1.47 bits per heavy atom. The summed E-state index contributed by atoms with van der Waals surface area (Å²) in [7, 11) is 0. The molecule has 4 aromatic rings. The molecule has 158 valence electrons. The predicted molar refractivity (Wildman–Crippen MR) is 121 cm³/mol. The van der Waals surface area contributed by atoms with Crippen molar-refractivity contribution >= 4 is 17.8 Å². The lowest BCUT2D eigenvalue weighted by Gasteiger charge is -2.16. The molecule has 1 N–H and O–H groups in total. The van der Waals surface area contributed by atoms with Crippen LogP contribution in [0, 0.1) is 10.1 Å². The van der Waals surface area contributed by atoms with Crippen LogP contribution in [0.15, 0.2) is 107 Å². The van der Waals surface area contributed by atoms with E-state index in [0.29, 0.717) is 17.1 Å². The number of rotatable bonds is 7. The molecule has 32 heavy (non-hydrogen) atoms. The van der Waals surface area contributed by atoms with E-state index in [1.807, 2.05) is 60.7 Å². The lowest BCUT2D eigenvalue weighted by atomic mass is 9.91. The number of hydrazone groups is 1. The molecule has 0 atom stereocenters. The highest BCUT2D eigenvalue weighted by atomic mass is 16.6. The van der Waals surface area contributed by atoms with Crippen LogP contribution in [0.1, 0.15) is 22.8 Å². The summed E-state index contributed by atoms with van der Waals surface area (Å²) in [4.78, 5) is 23.3. The summed E-state index contributed by atoms with van der Waals surface area (Å²) in [6, 6.07) is 28.5. The lowest BCUT2D eigenvalue weighted by molar-refractivity contribution is -0.384. The minimum absolute atomic E-state index is 0.0104. The van der Waals surface area contributed by atoms with Crippen molar-refractivity contribution in [3.8, 4) is 11.3 Å². The van der Waals surface area contributed by atoms with Gasteiger partial charge in [0, 0.05) is 17.7 Å². The van der Waals surface area contributed by atoms with Crippen molar-refractivity contribution in [2.75, 3.05) is 0 Å². The summed E-state index contributed by atoms with van der Waals surface area (Å²) < 4.78 is 5.71. The Labute approximate surface area is 184 Å². The first kappa shape index (κ1) is 20.7. The molecular weight excluding hydrogens is 406 g/mol. The quantitative estimate of drug-likeness (QED) is 0.252. The fourth-order valence-corrected chi connectivity index (χ4v) is 3.34. The molecule has 0 aliphatic rings. The average Bonchev–Trinajstić information content (AvgIpc) is 3.30. The van der Waals surface area contributed by atoms with E-state index in [9.17, 15) is 14.9 Å². The SMILES string of the molecule is O=C(N/N=C\c1ccc(-c2ccc([N+](=O)[O-])cc2)o1)C(c1ccccc1)c1ccccc1. The second kappa shape index (κ2) is 9.53. The topological polar surface area (TPSA) is 97.7 Å². The summed E-state index contributed by atoms with van der Waals surface area (Å²) in [6.45, 7) is 0. The maximum atomic E-state index is 12.9. The van der Waals surface area contributed by atoms with E-state index in [4.69, 9.17) is 4.42 Å². The summed E-state index contributed by atoms with van der Waals surface area (Å²) in [6.07, 6.45) is 1.42. The predicted octanol–water partition coefficient (Wildman–Crippen LogP) is 5.14. The number of nitro benzene ring substituents is 1. The van der Waals surface area contributed by atoms with Crippen molar-refractivity contribution in [2.24, 2.45) is 5.10 Å². The van der Waals surface area contributed by atoms with Crippen LogP contribution in [-0.2, 0) is 4.79 Å². The molecule has 1 amide bonds. The molecule has 0 aliphatic heterocycles. The Kier molecular flexibility index (Phi) is 6.17. The van der Waals surface area contributed by atoms with Crippen LogP contribution in [0.2, 0.25) is 0 Å². The normalized spacial score (nSPS) is 11.0. The third-order valence-electron chi connectivity index (χ3n) is 4.88. The van der Waals surface area contributed by atoms with Gasteiger partial charge in [-0.05, 0) is 35.4 Å². The van der Waals surface area contributed by atoms with Gasteiger partial charge in [0.15, 0.2) is 0 Å². The van der Waals surface area contributed by atoms with E-state index < -0.39 is 10.8 Å². The molecule has 1 heterocycles. The number of amides is 1. The van der Waals surface area contributed by atoms with Crippen LogP contribution in [0.3, 0.4) is 0 Å². The summed E-state index contributed by atoms with van der Waals surface area (Å²) >= 11 is 0. The molecule has 7 nitrogen and oxygen atoms in total. The Bertz CT molecular complexity index is 1190. The van der Waals surface area contributed by atoms with E-state index in [1.54, 1.807) is 24.3 Å². The molecule has 4 rings (SSSR count). The van der Waals surface area contributed by atoms with Gasteiger partial charge in [0.25, 0.3) is 11.6 Å². The molecule has 0 fully saturated rings. The molecule has 0 spiro atoms. The maximum Gasteiger partial charge on any atom is 0.269 e. The molecule has 0 aliphatic carbocycles. The van der Waals surface area contributed by atoms with Gasteiger partial charge in [-0.3, -0.25) is 14.9 Å². The van der Waals surface area contributed by atoms with Crippen LogP contribution >= 0.6 is 0 Å². The van der Waals surface area contributed by atoms with E-state index in [1.165, 1.54) is 18.3 Å². The van der Waals surface area contributed by atoms with Crippen molar-refractivity contribution in [1.82, 2.24) is 5.43 Å². The fourth-order valence-electron chi connectivity index (χ4n) is 3.34. The second-order valence-corrected chi connectivity index (χ2v) is 6.99. The van der Waals surface area contributed by atoms with Gasteiger partial charge >= 0.3 is 0 Å². The van der Waals surface area contributed by atoms with Gasteiger partial charge in [-0.25, -0.2) is 5.43 Å². The number of non-ortho nitro benzene ring substituents is 1. The number of hydrogen-bond donors (Lipinski definition) is 1. The Hall–Kier alpha value is -4.52. The number of carbonyl (C=O) groups is 1. The molecule has 0 radical (unpaired) electrons. The first-order valence-electron chi connectivity index (χ1n) is 9.89. The van der Waals surface area contributed by atoms with Gasteiger partial charge in [-0.15, -0.1) is 0 Å². The minimum atomic E-state index is -0.498. The Morgan fingerprint density at radius 1 is 0.875 bits per heavy atom. The highest BCUT2D eigenvalue weighted by Crippen LogP contribution is 2.25. The second-order valence-electron chi connectivity index (χ2n) is 6.99. The number of hydrogen-bond acceptors (Lipinski definition) is 5. The van der Waals surface area contributed by atoms with Crippen LogP contribution in [0.4, 0.5) is 5.69 Å². The van der Waals surface area contributed by atoms with Crippen LogP contribution in [0.25, 0.3) is 11.3 Å². The molecule has 0 saturated heterocycles. The molecule has 7 heteroatoms. The molecule has 3 aromatic carbocycles. The minimum Gasteiger partial charge on any atom is -0.455 e. The van der Waals surface area contributed by atoms with Crippen LogP contribution in [-0.4, -0.2) is 17.0 Å². The smallest absolute Gasteiger partial charge is 0.269 e. The lowest BCUT2D eigenvalue weighted by Crippen LogP contribution is -2.26. The van der Waals surface area contributed by atoms with Crippen molar-refractivity contribution in [3.63, 3.8) is 0 Å². The molecule has 1 aromatic heterocycles. The van der Waals surface area contributed by atoms with Gasteiger partial charge in [0.1, 0.15) is 11.5 Å². The largest absolute Gasteiger partial charge is 0.455 e.